The van der Waals surface area contributed by atoms with Crippen molar-refractivity contribution >= 4 is 43.9 Å². The summed E-state index contributed by atoms with van der Waals surface area (Å²) in [4.78, 5) is 10.5. The summed E-state index contributed by atoms with van der Waals surface area (Å²) >= 11 is 0. The van der Waals surface area contributed by atoms with Gasteiger partial charge in [0.2, 0.25) is 0 Å². The van der Waals surface area contributed by atoms with E-state index >= 15 is 0 Å². The Hall–Kier alpha value is -7.56. The molecule has 0 bridgehead atoms. The van der Waals surface area contributed by atoms with E-state index in [2.05, 4.69) is 152 Å². The van der Waals surface area contributed by atoms with Crippen LogP contribution in [-0.2, 0) is 0 Å². The molecule has 0 saturated carbocycles. The van der Waals surface area contributed by atoms with Crippen LogP contribution >= 0.6 is 0 Å². The minimum atomic E-state index is 0.661. The summed E-state index contributed by atoms with van der Waals surface area (Å²) in [6, 6.07) is 67.3. The summed E-state index contributed by atoms with van der Waals surface area (Å²) in [6.07, 6.45) is 0. The van der Waals surface area contributed by atoms with E-state index in [9.17, 15) is 0 Å². The lowest BCUT2D eigenvalue weighted by Gasteiger charge is -2.14. The van der Waals surface area contributed by atoms with Crippen molar-refractivity contribution in [1.29, 1.82) is 0 Å². The van der Waals surface area contributed by atoms with Crippen molar-refractivity contribution in [2.24, 2.45) is 0 Å². The quantitative estimate of drug-likeness (QED) is 0.172. The number of hydrogen-bond acceptors (Lipinski definition) is 4. The number of aromatic nitrogens is 2. The van der Waals surface area contributed by atoms with Crippen LogP contribution in [0.15, 0.2) is 203 Å². The van der Waals surface area contributed by atoms with Gasteiger partial charge in [-0.3, -0.25) is 0 Å². The average molecular weight is 717 g/mol. The van der Waals surface area contributed by atoms with Gasteiger partial charge >= 0.3 is 0 Å². The van der Waals surface area contributed by atoms with Crippen molar-refractivity contribution < 1.29 is 8.83 Å². The molecular weight excluding hydrogens is 685 g/mol. The monoisotopic (exact) mass is 716 g/mol. The van der Waals surface area contributed by atoms with Gasteiger partial charge in [0, 0.05) is 49.4 Å². The van der Waals surface area contributed by atoms with Crippen LogP contribution < -0.4 is 0 Å². The third-order valence-electron chi connectivity index (χ3n) is 10.7. The predicted molar refractivity (Wildman–Crippen MR) is 229 cm³/mol. The summed E-state index contributed by atoms with van der Waals surface area (Å²) in [6.45, 7) is 0. The molecule has 11 aromatic rings. The van der Waals surface area contributed by atoms with Crippen LogP contribution in [0.1, 0.15) is 0 Å². The number of furan rings is 2. The number of para-hydroxylation sites is 4. The highest BCUT2D eigenvalue weighted by Crippen LogP contribution is 2.41. The predicted octanol–water partition coefficient (Wildman–Crippen LogP) is 14.3. The molecule has 0 spiro atoms. The van der Waals surface area contributed by atoms with Crippen LogP contribution in [0.2, 0.25) is 0 Å². The second-order valence-electron chi connectivity index (χ2n) is 14.1. The molecule has 262 valence electrons. The molecule has 0 N–H and O–H groups in total. The van der Waals surface area contributed by atoms with Gasteiger partial charge in [-0.1, -0.05) is 152 Å². The summed E-state index contributed by atoms with van der Waals surface area (Å²) in [7, 11) is 0. The maximum Gasteiger partial charge on any atom is 0.160 e. The van der Waals surface area contributed by atoms with E-state index < -0.39 is 0 Å². The molecule has 0 saturated heterocycles. The molecule has 11 rings (SSSR count). The zero-order chi connectivity index (χ0) is 37.0. The first-order valence-corrected chi connectivity index (χ1v) is 18.8. The second-order valence-corrected chi connectivity index (χ2v) is 14.1. The topological polar surface area (TPSA) is 52.1 Å². The Kier molecular flexibility index (Phi) is 7.46. The second kappa shape index (κ2) is 13.1. The lowest BCUT2D eigenvalue weighted by molar-refractivity contribution is 0.669. The van der Waals surface area contributed by atoms with E-state index in [1.165, 1.54) is 0 Å². The van der Waals surface area contributed by atoms with E-state index in [4.69, 9.17) is 18.8 Å². The maximum absolute atomic E-state index is 6.54. The Balaban J connectivity index is 1.11. The molecular formula is C52H32N2O2. The maximum atomic E-state index is 6.54. The number of fused-ring (bicyclic) bond motifs is 6. The van der Waals surface area contributed by atoms with Crippen molar-refractivity contribution in [3.8, 4) is 67.3 Å². The van der Waals surface area contributed by atoms with E-state index in [1.54, 1.807) is 0 Å². The van der Waals surface area contributed by atoms with E-state index in [0.717, 1.165) is 105 Å². The summed E-state index contributed by atoms with van der Waals surface area (Å²) in [5.41, 5.74) is 14.5. The lowest BCUT2D eigenvalue weighted by atomic mass is 9.93. The zero-order valence-corrected chi connectivity index (χ0v) is 30.2. The molecule has 0 aliphatic heterocycles. The summed E-state index contributed by atoms with van der Waals surface area (Å²) < 4.78 is 13.0. The molecule has 0 aliphatic rings. The van der Waals surface area contributed by atoms with E-state index in [1.807, 2.05) is 42.5 Å². The van der Waals surface area contributed by atoms with Crippen LogP contribution in [0.3, 0.4) is 0 Å². The molecule has 0 aliphatic carbocycles. The fourth-order valence-corrected chi connectivity index (χ4v) is 7.98. The highest BCUT2D eigenvalue weighted by molar-refractivity contribution is 6.11. The van der Waals surface area contributed by atoms with Crippen molar-refractivity contribution in [1.82, 2.24) is 9.97 Å². The van der Waals surface area contributed by atoms with Gasteiger partial charge < -0.3 is 8.83 Å². The van der Waals surface area contributed by atoms with Crippen molar-refractivity contribution in [2.45, 2.75) is 0 Å². The molecule has 0 atom stereocenters. The van der Waals surface area contributed by atoms with Gasteiger partial charge in [0.1, 0.15) is 22.3 Å². The molecule has 8 aromatic carbocycles. The molecule has 0 unspecified atom stereocenters. The van der Waals surface area contributed by atoms with Crippen LogP contribution in [0.25, 0.3) is 111 Å². The number of benzene rings is 8. The first-order valence-electron chi connectivity index (χ1n) is 18.8. The van der Waals surface area contributed by atoms with Crippen LogP contribution in [0, 0.1) is 0 Å². The largest absolute Gasteiger partial charge is 0.455 e. The van der Waals surface area contributed by atoms with Crippen LogP contribution in [0.5, 0.6) is 0 Å². The molecule has 4 nitrogen and oxygen atoms in total. The minimum absolute atomic E-state index is 0.661. The smallest absolute Gasteiger partial charge is 0.160 e. The van der Waals surface area contributed by atoms with Gasteiger partial charge in [0.15, 0.2) is 5.82 Å². The Morgan fingerprint density at radius 1 is 0.286 bits per heavy atom. The third-order valence-corrected chi connectivity index (χ3v) is 10.7. The molecule has 4 heteroatoms. The number of rotatable bonds is 6. The third kappa shape index (κ3) is 5.47. The Morgan fingerprint density at radius 2 is 0.732 bits per heavy atom. The van der Waals surface area contributed by atoms with Gasteiger partial charge in [-0.25, -0.2) is 9.97 Å². The number of nitrogens with zero attached hydrogens (tertiary/aromatic N) is 2. The normalized spacial score (nSPS) is 11.6. The first kappa shape index (κ1) is 31.9. The van der Waals surface area contributed by atoms with Gasteiger partial charge in [-0.05, 0) is 64.7 Å². The van der Waals surface area contributed by atoms with Gasteiger partial charge in [0.25, 0.3) is 0 Å². The summed E-state index contributed by atoms with van der Waals surface area (Å²) in [5, 5.41) is 4.42. The number of hydrogen-bond donors (Lipinski definition) is 0. The Labute approximate surface area is 323 Å². The van der Waals surface area contributed by atoms with Gasteiger partial charge in [0.05, 0.1) is 11.4 Å². The summed E-state index contributed by atoms with van der Waals surface area (Å²) in [5.74, 6) is 0.661. The molecule has 56 heavy (non-hydrogen) atoms. The Morgan fingerprint density at radius 3 is 1.39 bits per heavy atom. The van der Waals surface area contributed by atoms with Crippen LogP contribution in [0.4, 0.5) is 0 Å². The fraction of sp³-hybridized carbons (Fsp3) is 0. The van der Waals surface area contributed by atoms with E-state index in [-0.39, 0.29) is 0 Å². The van der Waals surface area contributed by atoms with E-state index in [0.29, 0.717) is 5.82 Å². The molecule has 3 aromatic heterocycles. The van der Waals surface area contributed by atoms with Crippen molar-refractivity contribution in [3.05, 3.63) is 194 Å². The molecule has 3 heterocycles. The van der Waals surface area contributed by atoms with Gasteiger partial charge in [-0.15, -0.1) is 0 Å². The minimum Gasteiger partial charge on any atom is -0.455 e. The molecule has 0 fully saturated rings. The van der Waals surface area contributed by atoms with Crippen molar-refractivity contribution in [2.75, 3.05) is 0 Å². The lowest BCUT2D eigenvalue weighted by Crippen LogP contribution is -1.97. The van der Waals surface area contributed by atoms with Gasteiger partial charge in [-0.2, -0.15) is 0 Å². The SMILES string of the molecule is c1ccc(-c2cc(-c3cc(-c4cccc(-c5cccc6c5oc5ccccc56)c4)nc(-c4ccccc4)n3)cc(-c3cccc4c3oc3ccccc34)c2)cc1. The Bertz CT molecular complexity index is 3250. The highest BCUT2D eigenvalue weighted by atomic mass is 16.3. The zero-order valence-electron chi connectivity index (χ0n) is 30.2. The fourth-order valence-electron chi connectivity index (χ4n) is 7.98. The molecule has 0 amide bonds. The van der Waals surface area contributed by atoms with Crippen molar-refractivity contribution in [3.63, 3.8) is 0 Å². The average Bonchev–Trinajstić information content (AvgIpc) is 3.86. The van der Waals surface area contributed by atoms with Crippen LogP contribution in [-0.4, -0.2) is 9.97 Å². The highest BCUT2D eigenvalue weighted by Gasteiger charge is 2.18. The first-order chi connectivity index (χ1) is 27.7. The standard InChI is InChI=1S/C52H32N2O2/c1-3-14-33(15-4-1)37-29-38(41-23-13-25-45-43-21-8-10-27-49(43)56-51(41)45)31-39(30-37)47-32-46(53-52(54-47)34-16-5-2-6-17-34)36-19-11-18-35(28-36)40-22-12-24-44-42-20-7-9-26-48(42)55-50(40)44/h1-32H. The molecule has 0 radical (unpaired) electrons.